The van der Waals surface area contributed by atoms with Gasteiger partial charge in [0, 0.05) is 41.7 Å². The Balaban J connectivity index is 1.39. The first-order chi connectivity index (χ1) is 17.0. The third kappa shape index (κ3) is 6.69. The van der Waals surface area contributed by atoms with E-state index in [1.165, 1.54) is 31.2 Å². The van der Waals surface area contributed by atoms with Crippen LogP contribution in [0.15, 0.2) is 30.5 Å². The summed E-state index contributed by atoms with van der Waals surface area (Å²) in [5.41, 5.74) is 2.19. The summed E-state index contributed by atoms with van der Waals surface area (Å²) in [5.74, 6) is 1.26. The highest BCUT2D eigenvalue weighted by Crippen LogP contribution is 2.36. The summed E-state index contributed by atoms with van der Waals surface area (Å²) in [5, 5.41) is 12.0. The van der Waals surface area contributed by atoms with Gasteiger partial charge in [0.2, 0.25) is 0 Å². The molecule has 1 aliphatic carbocycles. The minimum Gasteiger partial charge on any atom is -0.497 e. The molecule has 0 spiro atoms. The molecule has 0 radical (unpaired) electrons. The number of piperidine rings is 1. The number of carbonyl (C=O) groups is 1. The van der Waals surface area contributed by atoms with Crippen LogP contribution in [0.25, 0.3) is 10.9 Å². The number of benzene rings is 1. The number of thioether (sulfide) groups is 1. The molecule has 0 amide bonds. The lowest BCUT2D eigenvalue weighted by Gasteiger charge is -2.37. The Labute approximate surface area is 214 Å². The summed E-state index contributed by atoms with van der Waals surface area (Å²) >= 11 is 2.10. The standard InChI is InChI=1S/C28H41N3O3S/c1-30(2)27(23-12-14-29-26-10-9-21(34-3)18-24(23)26)11-8-20-13-15-31(19-25(20)28(32)33)16-17-35-22-6-4-5-7-22/h9-10,12,14,18,20,22,25,27H,4-8,11,13,15-17,19H2,1-3H3,(H,32,33)/t20-,25+,27+/m1/s1. The molecule has 7 heteroatoms. The number of nitrogens with zero attached hydrogens (tertiary/aromatic N) is 3. The van der Waals surface area contributed by atoms with Crippen LogP contribution in [-0.4, -0.2) is 77.7 Å². The molecule has 1 aromatic heterocycles. The quantitative estimate of drug-likeness (QED) is 0.448. The molecule has 2 aliphatic rings. The molecule has 6 nitrogen and oxygen atoms in total. The maximum absolute atomic E-state index is 12.2. The molecule has 1 saturated carbocycles. The zero-order valence-corrected chi connectivity index (χ0v) is 22.3. The first-order valence-corrected chi connectivity index (χ1v) is 14.2. The van der Waals surface area contributed by atoms with Crippen LogP contribution in [-0.2, 0) is 4.79 Å². The highest BCUT2D eigenvalue weighted by atomic mass is 32.2. The number of hydrogen-bond acceptors (Lipinski definition) is 6. The summed E-state index contributed by atoms with van der Waals surface area (Å²) in [4.78, 5) is 21.4. The molecule has 2 heterocycles. The molecule has 0 bridgehead atoms. The number of fused-ring (bicyclic) bond motifs is 1. The first kappa shape index (κ1) is 26.2. The van der Waals surface area contributed by atoms with Gasteiger partial charge in [-0.15, -0.1) is 0 Å². The van der Waals surface area contributed by atoms with Crippen LogP contribution >= 0.6 is 11.8 Å². The summed E-state index contributed by atoms with van der Waals surface area (Å²) in [6, 6.07) is 8.32. The highest BCUT2D eigenvalue weighted by Gasteiger charge is 2.34. The van der Waals surface area contributed by atoms with Crippen LogP contribution < -0.4 is 4.74 Å². The van der Waals surface area contributed by atoms with Crippen molar-refractivity contribution in [1.82, 2.24) is 14.8 Å². The maximum Gasteiger partial charge on any atom is 0.308 e. The van der Waals surface area contributed by atoms with Crippen molar-refractivity contribution >= 4 is 28.6 Å². The van der Waals surface area contributed by atoms with Crippen molar-refractivity contribution < 1.29 is 14.6 Å². The molecule has 2 fully saturated rings. The third-order valence-corrected chi connectivity index (χ3v) is 9.36. The summed E-state index contributed by atoms with van der Waals surface area (Å²) in [7, 11) is 5.90. The monoisotopic (exact) mass is 499 g/mol. The average Bonchev–Trinajstić information content (AvgIpc) is 3.37. The second-order valence-corrected chi connectivity index (χ2v) is 11.8. The van der Waals surface area contributed by atoms with Gasteiger partial charge in [-0.1, -0.05) is 12.8 Å². The lowest BCUT2D eigenvalue weighted by atomic mass is 9.80. The van der Waals surface area contributed by atoms with E-state index < -0.39 is 5.97 Å². The molecule has 1 saturated heterocycles. The van der Waals surface area contributed by atoms with Crippen LogP contribution in [0, 0.1) is 11.8 Å². The second-order valence-electron chi connectivity index (χ2n) is 10.4. The van der Waals surface area contributed by atoms with Gasteiger partial charge in [-0.2, -0.15) is 11.8 Å². The number of carboxylic acids is 1. The van der Waals surface area contributed by atoms with Crippen LogP contribution in [0.4, 0.5) is 0 Å². The van der Waals surface area contributed by atoms with Crippen molar-refractivity contribution in [3.05, 3.63) is 36.0 Å². The van der Waals surface area contributed by atoms with Gasteiger partial charge in [0.25, 0.3) is 0 Å². The number of hydrogen-bond donors (Lipinski definition) is 1. The lowest BCUT2D eigenvalue weighted by molar-refractivity contribution is -0.146. The van der Waals surface area contributed by atoms with Gasteiger partial charge in [-0.05, 0) is 88.5 Å². The Kier molecular flexibility index (Phi) is 9.31. The molecule has 2 aromatic rings. The molecular weight excluding hydrogens is 458 g/mol. The van der Waals surface area contributed by atoms with Crippen LogP contribution in [0.3, 0.4) is 0 Å². The zero-order valence-electron chi connectivity index (χ0n) is 21.5. The van der Waals surface area contributed by atoms with Gasteiger partial charge >= 0.3 is 5.97 Å². The number of carboxylic acid groups (broad SMARTS) is 1. The van der Waals surface area contributed by atoms with E-state index in [1.54, 1.807) is 7.11 Å². The summed E-state index contributed by atoms with van der Waals surface area (Å²) in [6.45, 7) is 2.72. The molecule has 0 unspecified atom stereocenters. The Bertz CT molecular complexity index is 979. The Hall–Kier alpha value is -1.83. The van der Waals surface area contributed by atoms with Gasteiger partial charge in [0.1, 0.15) is 5.75 Å². The van der Waals surface area contributed by atoms with E-state index in [1.807, 2.05) is 18.3 Å². The molecule has 35 heavy (non-hydrogen) atoms. The van der Waals surface area contributed by atoms with Crippen molar-refractivity contribution in [3.63, 3.8) is 0 Å². The highest BCUT2D eigenvalue weighted by molar-refractivity contribution is 7.99. The van der Waals surface area contributed by atoms with E-state index in [0.717, 1.165) is 60.0 Å². The first-order valence-electron chi connectivity index (χ1n) is 13.1. The number of likely N-dealkylation sites (tertiary alicyclic amines) is 1. The Morgan fingerprint density at radius 2 is 2.06 bits per heavy atom. The van der Waals surface area contributed by atoms with Crippen molar-refractivity contribution in [2.45, 2.75) is 56.2 Å². The predicted molar refractivity (Wildman–Crippen MR) is 144 cm³/mol. The van der Waals surface area contributed by atoms with Crippen LogP contribution in [0.1, 0.15) is 56.6 Å². The van der Waals surface area contributed by atoms with Gasteiger partial charge < -0.3 is 19.6 Å². The van der Waals surface area contributed by atoms with Crippen LogP contribution in [0.2, 0.25) is 0 Å². The molecule has 1 aromatic carbocycles. The number of rotatable bonds is 11. The summed E-state index contributed by atoms with van der Waals surface area (Å²) < 4.78 is 5.47. The normalized spacial score (nSPS) is 22.6. The minimum absolute atomic E-state index is 0.197. The molecular formula is C28H41N3O3S. The Morgan fingerprint density at radius 3 is 2.77 bits per heavy atom. The van der Waals surface area contributed by atoms with E-state index in [0.29, 0.717) is 6.54 Å². The number of aromatic nitrogens is 1. The topological polar surface area (TPSA) is 65.9 Å². The predicted octanol–water partition coefficient (Wildman–Crippen LogP) is 5.32. The van der Waals surface area contributed by atoms with Gasteiger partial charge in [0.15, 0.2) is 0 Å². The second kappa shape index (κ2) is 12.4. The number of pyridine rings is 1. The maximum atomic E-state index is 12.2. The summed E-state index contributed by atoms with van der Waals surface area (Å²) in [6.07, 6.45) is 10.2. The van der Waals surface area contributed by atoms with E-state index in [4.69, 9.17) is 4.74 Å². The van der Waals surface area contributed by atoms with E-state index in [9.17, 15) is 9.90 Å². The third-order valence-electron chi connectivity index (χ3n) is 8.00. The lowest BCUT2D eigenvalue weighted by Crippen LogP contribution is -2.44. The van der Waals surface area contributed by atoms with Crippen LogP contribution in [0.5, 0.6) is 5.75 Å². The average molecular weight is 500 g/mol. The molecule has 4 rings (SSSR count). The molecule has 1 N–H and O–H groups in total. The number of aliphatic carboxylic acids is 1. The SMILES string of the molecule is COc1ccc2nccc([C@H](CC[C@@H]3CCN(CCSC4CCCC4)C[C@@H]3C(=O)O)N(C)C)c2c1. The van der Waals surface area contributed by atoms with E-state index >= 15 is 0 Å². The zero-order chi connectivity index (χ0) is 24.8. The smallest absolute Gasteiger partial charge is 0.308 e. The van der Waals surface area contributed by atoms with E-state index in [-0.39, 0.29) is 17.9 Å². The van der Waals surface area contributed by atoms with Crippen molar-refractivity contribution in [2.24, 2.45) is 11.8 Å². The fourth-order valence-electron chi connectivity index (χ4n) is 5.93. The van der Waals surface area contributed by atoms with E-state index in [2.05, 4.69) is 52.8 Å². The molecule has 3 atom stereocenters. The van der Waals surface area contributed by atoms with Crippen molar-refractivity contribution in [3.8, 4) is 5.75 Å². The van der Waals surface area contributed by atoms with Crippen molar-refractivity contribution in [1.29, 1.82) is 0 Å². The fourth-order valence-corrected chi connectivity index (χ4v) is 7.29. The van der Waals surface area contributed by atoms with Gasteiger partial charge in [0.05, 0.1) is 18.5 Å². The number of ether oxygens (including phenoxy) is 1. The molecule has 1 aliphatic heterocycles. The largest absolute Gasteiger partial charge is 0.497 e. The number of methoxy groups -OCH3 is 1. The fraction of sp³-hybridized carbons (Fsp3) is 0.643. The van der Waals surface area contributed by atoms with Gasteiger partial charge in [-0.25, -0.2) is 0 Å². The Morgan fingerprint density at radius 1 is 1.26 bits per heavy atom. The molecule has 192 valence electrons. The van der Waals surface area contributed by atoms with Gasteiger partial charge in [-0.3, -0.25) is 9.78 Å². The minimum atomic E-state index is -0.636. The van der Waals surface area contributed by atoms with Crippen molar-refractivity contribution in [2.75, 3.05) is 46.6 Å².